The average molecular weight is 277 g/mol. The van der Waals surface area contributed by atoms with E-state index in [-0.39, 0.29) is 24.4 Å². The molecule has 1 aromatic carbocycles. The highest BCUT2D eigenvalue weighted by molar-refractivity contribution is 5.82. The van der Waals surface area contributed by atoms with Crippen molar-refractivity contribution < 1.29 is 19.1 Å². The molecule has 5 heteroatoms. The van der Waals surface area contributed by atoms with Gasteiger partial charge in [-0.2, -0.15) is 0 Å². The molecule has 2 atom stereocenters. The minimum Gasteiger partial charge on any atom is -0.497 e. The van der Waals surface area contributed by atoms with Crippen molar-refractivity contribution in [2.24, 2.45) is 11.8 Å². The summed E-state index contributed by atoms with van der Waals surface area (Å²) >= 11 is 0. The molecule has 1 fully saturated rings. The van der Waals surface area contributed by atoms with Crippen molar-refractivity contribution in [3.05, 3.63) is 29.8 Å². The van der Waals surface area contributed by atoms with Crippen molar-refractivity contribution in [2.75, 3.05) is 13.7 Å². The molecule has 0 heterocycles. The summed E-state index contributed by atoms with van der Waals surface area (Å²) in [5.41, 5.74) is 0.960. The summed E-state index contributed by atoms with van der Waals surface area (Å²) in [6.45, 7) is 2.19. The lowest BCUT2D eigenvalue weighted by molar-refractivity contribution is -0.150. The first-order chi connectivity index (χ1) is 9.60. The Morgan fingerprint density at radius 1 is 1.30 bits per heavy atom. The van der Waals surface area contributed by atoms with Crippen LogP contribution in [-0.2, 0) is 20.9 Å². The van der Waals surface area contributed by atoms with E-state index in [0.29, 0.717) is 12.5 Å². The normalized spacial score (nSPS) is 20.1. The molecule has 2 unspecified atom stereocenters. The van der Waals surface area contributed by atoms with Crippen LogP contribution in [-0.4, -0.2) is 25.6 Å². The van der Waals surface area contributed by atoms with Gasteiger partial charge in [0.1, 0.15) is 5.75 Å². The second kappa shape index (κ2) is 6.41. The largest absolute Gasteiger partial charge is 0.497 e. The third kappa shape index (κ3) is 3.98. The number of ether oxygens (including phenoxy) is 2. The van der Waals surface area contributed by atoms with Gasteiger partial charge in [-0.25, -0.2) is 0 Å². The number of carbonyl (C=O) groups excluding carboxylic acids is 2. The number of nitrogens with one attached hydrogen (secondary N) is 1. The van der Waals surface area contributed by atoms with E-state index in [9.17, 15) is 9.59 Å². The van der Waals surface area contributed by atoms with Crippen molar-refractivity contribution in [3.63, 3.8) is 0 Å². The maximum Gasteiger partial charge on any atom is 0.309 e. The number of hydrogen-bond acceptors (Lipinski definition) is 4. The maximum atomic E-state index is 11.6. The van der Waals surface area contributed by atoms with E-state index in [2.05, 4.69) is 5.32 Å². The highest BCUT2D eigenvalue weighted by atomic mass is 16.5. The molecule has 0 radical (unpaired) electrons. The lowest BCUT2D eigenvalue weighted by atomic mass is 10.2. The molecule has 0 aromatic heterocycles. The Bertz CT molecular complexity index is 483. The van der Waals surface area contributed by atoms with Gasteiger partial charge in [-0.1, -0.05) is 19.1 Å². The van der Waals surface area contributed by atoms with Crippen LogP contribution in [0.15, 0.2) is 24.3 Å². The molecule has 0 aliphatic heterocycles. The molecule has 0 bridgehead atoms. The molecule has 20 heavy (non-hydrogen) atoms. The molecule has 1 aromatic rings. The number of benzene rings is 1. The number of methoxy groups -OCH3 is 1. The van der Waals surface area contributed by atoms with Crippen molar-refractivity contribution in [2.45, 2.75) is 19.9 Å². The van der Waals surface area contributed by atoms with Gasteiger partial charge in [0.05, 0.1) is 13.0 Å². The second-order valence-corrected chi connectivity index (χ2v) is 5.05. The summed E-state index contributed by atoms with van der Waals surface area (Å²) < 4.78 is 10.0. The molecule has 1 aliphatic carbocycles. The minimum atomic E-state index is -0.289. The van der Waals surface area contributed by atoms with Gasteiger partial charge in [0.2, 0.25) is 0 Å². The molecule has 0 spiro atoms. The first-order valence-corrected chi connectivity index (χ1v) is 6.66. The van der Waals surface area contributed by atoms with Gasteiger partial charge in [-0.15, -0.1) is 0 Å². The fraction of sp³-hybridized carbons (Fsp3) is 0.467. The Balaban J connectivity index is 1.67. The van der Waals surface area contributed by atoms with Crippen molar-refractivity contribution in [1.82, 2.24) is 5.32 Å². The van der Waals surface area contributed by atoms with E-state index in [1.165, 1.54) is 0 Å². The van der Waals surface area contributed by atoms with Crippen molar-refractivity contribution in [3.8, 4) is 5.75 Å². The number of carbonyl (C=O) groups is 2. The summed E-state index contributed by atoms with van der Waals surface area (Å²) in [6.07, 6.45) is 0.867. The van der Waals surface area contributed by atoms with E-state index in [1.54, 1.807) is 7.11 Å². The van der Waals surface area contributed by atoms with Gasteiger partial charge in [0, 0.05) is 6.54 Å². The lowest BCUT2D eigenvalue weighted by Gasteiger charge is -2.07. The molecule has 1 aliphatic rings. The summed E-state index contributed by atoms with van der Waals surface area (Å²) in [7, 11) is 1.60. The van der Waals surface area contributed by atoms with E-state index < -0.39 is 0 Å². The topological polar surface area (TPSA) is 64.6 Å². The minimum absolute atomic E-state index is 0.00983. The van der Waals surface area contributed by atoms with Crippen molar-refractivity contribution in [1.29, 1.82) is 0 Å². The van der Waals surface area contributed by atoms with Gasteiger partial charge >= 0.3 is 5.97 Å². The summed E-state index contributed by atoms with van der Waals surface area (Å²) in [6, 6.07) is 7.40. The predicted molar refractivity (Wildman–Crippen MR) is 73.1 cm³/mol. The zero-order valence-corrected chi connectivity index (χ0v) is 11.7. The Morgan fingerprint density at radius 2 is 1.95 bits per heavy atom. The van der Waals surface area contributed by atoms with Gasteiger partial charge in [0.15, 0.2) is 6.61 Å². The van der Waals surface area contributed by atoms with Gasteiger partial charge < -0.3 is 14.8 Å². The molecule has 1 saturated carbocycles. The highest BCUT2D eigenvalue weighted by Gasteiger charge is 2.40. The first kappa shape index (κ1) is 14.4. The van der Waals surface area contributed by atoms with Crippen LogP contribution >= 0.6 is 0 Å². The lowest BCUT2D eigenvalue weighted by Crippen LogP contribution is -2.28. The fourth-order valence-corrected chi connectivity index (χ4v) is 1.89. The summed E-state index contributed by atoms with van der Waals surface area (Å²) in [5.74, 6) is 0.598. The predicted octanol–water partition coefficient (Wildman–Crippen LogP) is 1.51. The highest BCUT2D eigenvalue weighted by Crippen LogP contribution is 2.38. The number of amides is 1. The van der Waals surface area contributed by atoms with Crippen LogP contribution in [0.3, 0.4) is 0 Å². The van der Waals surface area contributed by atoms with Crippen LogP contribution in [0.4, 0.5) is 0 Å². The molecule has 2 rings (SSSR count). The van der Waals surface area contributed by atoms with Crippen LogP contribution in [0, 0.1) is 11.8 Å². The van der Waals surface area contributed by atoms with Gasteiger partial charge in [-0.05, 0) is 30.0 Å². The van der Waals surface area contributed by atoms with Crippen molar-refractivity contribution >= 4 is 11.9 Å². The molecule has 0 saturated heterocycles. The SMILES string of the molecule is COc1ccc(CNC(=O)COC(=O)C2CC2C)cc1. The number of rotatable bonds is 6. The molecule has 5 nitrogen and oxygen atoms in total. The first-order valence-electron chi connectivity index (χ1n) is 6.66. The summed E-state index contributed by atoms with van der Waals surface area (Å²) in [5, 5.41) is 2.71. The van der Waals surface area contributed by atoms with Crippen LogP contribution in [0.1, 0.15) is 18.9 Å². The van der Waals surface area contributed by atoms with Gasteiger partial charge in [-0.3, -0.25) is 9.59 Å². The molecule has 108 valence electrons. The third-order valence-electron chi connectivity index (χ3n) is 3.41. The zero-order chi connectivity index (χ0) is 14.5. The molecule has 1 amide bonds. The molecule has 1 N–H and O–H groups in total. The number of hydrogen-bond donors (Lipinski definition) is 1. The molecular weight excluding hydrogens is 258 g/mol. The van der Waals surface area contributed by atoms with E-state index in [0.717, 1.165) is 17.7 Å². The van der Waals surface area contributed by atoms with E-state index in [4.69, 9.17) is 9.47 Å². The summed E-state index contributed by atoms with van der Waals surface area (Å²) in [4.78, 5) is 23.0. The quantitative estimate of drug-likeness (QED) is 0.801. The van der Waals surface area contributed by atoms with E-state index >= 15 is 0 Å². The Kier molecular flexibility index (Phi) is 4.61. The average Bonchev–Trinajstić information content (AvgIpc) is 3.20. The maximum absolute atomic E-state index is 11.6. The van der Waals surface area contributed by atoms with Crippen LogP contribution < -0.4 is 10.1 Å². The fourth-order valence-electron chi connectivity index (χ4n) is 1.89. The molecular formula is C15H19NO4. The van der Waals surface area contributed by atoms with Gasteiger partial charge in [0.25, 0.3) is 5.91 Å². The van der Waals surface area contributed by atoms with Crippen LogP contribution in [0.2, 0.25) is 0 Å². The second-order valence-electron chi connectivity index (χ2n) is 5.05. The standard InChI is InChI=1S/C15H19NO4/c1-10-7-13(10)15(18)20-9-14(17)16-8-11-3-5-12(19-2)6-4-11/h3-6,10,13H,7-9H2,1-2H3,(H,16,17). The monoisotopic (exact) mass is 277 g/mol. The Labute approximate surface area is 118 Å². The smallest absolute Gasteiger partial charge is 0.309 e. The zero-order valence-electron chi connectivity index (χ0n) is 11.7. The van der Waals surface area contributed by atoms with Crippen LogP contribution in [0.25, 0.3) is 0 Å². The number of esters is 1. The Hall–Kier alpha value is -2.04. The Morgan fingerprint density at radius 3 is 2.50 bits per heavy atom. The van der Waals surface area contributed by atoms with E-state index in [1.807, 2.05) is 31.2 Å². The van der Waals surface area contributed by atoms with Crippen LogP contribution in [0.5, 0.6) is 5.75 Å². The third-order valence-corrected chi connectivity index (χ3v) is 3.41.